The van der Waals surface area contributed by atoms with Crippen LogP contribution in [0.3, 0.4) is 0 Å². The summed E-state index contributed by atoms with van der Waals surface area (Å²) in [6.45, 7) is -30.2. The summed E-state index contributed by atoms with van der Waals surface area (Å²) >= 11 is 30.8. The van der Waals surface area contributed by atoms with Crippen molar-refractivity contribution in [1.29, 1.82) is 0 Å². The lowest BCUT2D eigenvalue weighted by atomic mass is 10.1. The Kier molecular flexibility index (Phi) is 26.4. The standard InChI is InChI=1S/3C21H22F2N8O10P2S2/c3*22-10-8-3-36-42(34,44)40-14-9(39-19(11(14)23)30-5-26-12-7(32)1-2-25-16(12)30)4-37-43(35,45)41-15(10)20(38-8)31-6-27-13-17(31)28-21(24)29-18(13)33/h3*2,5-6,8-11,14-15,19-20H,1,3-4H2,(H,34,44)(H,35,45)(H3,24,28,29,33)/t3*8-,9-,10-,11+,14-,15-,19-,20-,42?,43?/m111/s1. The number of aliphatic imine (C=N–C) groups is 3. The average Bonchev–Trinajstić information content (AvgIpc) is 1.62. The van der Waals surface area contributed by atoms with E-state index in [2.05, 4.69) is 74.8 Å². The monoisotopic (exact) mass is 2130 g/mol. The van der Waals surface area contributed by atoms with E-state index in [1.165, 1.54) is 51.3 Å². The second-order valence-electron chi connectivity index (χ2n) is 30.7. The molecule has 0 amide bonds. The molecule has 21 heterocycles. The second kappa shape index (κ2) is 36.9. The highest BCUT2D eigenvalue weighted by atomic mass is 32.5. The van der Waals surface area contributed by atoms with Crippen molar-refractivity contribution in [3.05, 3.63) is 86.1 Å². The molecule has 0 saturated carbocycles. The summed E-state index contributed by atoms with van der Waals surface area (Å²) in [5.41, 5.74) is 14.3. The number of fused-ring (bicyclic) bond motifs is 15. The summed E-state index contributed by atoms with van der Waals surface area (Å²) < 4.78 is 203. The highest BCUT2D eigenvalue weighted by Crippen LogP contribution is 2.60. The second-order valence-corrected chi connectivity index (χ2v) is 47.4. The lowest BCUT2D eigenvalue weighted by molar-refractivity contribution is -0.0601. The van der Waals surface area contributed by atoms with Crippen molar-refractivity contribution in [2.75, 3.05) is 56.8 Å². The number of rotatable bonds is 6. The number of nitrogen functional groups attached to an aromatic ring is 3. The van der Waals surface area contributed by atoms with Crippen LogP contribution >= 0.6 is 40.3 Å². The van der Waals surface area contributed by atoms with Gasteiger partial charge in [-0.25, -0.2) is 71.2 Å². The molecule has 21 rings (SSSR count). The molecule has 0 radical (unpaired) electrons. The first-order valence-corrected chi connectivity index (χ1v) is 54.8. The normalized spacial score (nSPS) is 38.8. The zero-order chi connectivity index (χ0) is 95.5. The van der Waals surface area contributed by atoms with Crippen LogP contribution < -0.4 is 33.9 Å². The first kappa shape index (κ1) is 96.5. The zero-order valence-electron chi connectivity index (χ0n) is 67.1. The molecule has 9 saturated heterocycles. The van der Waals surface area contributed by atoms with Gasteiger partial charge in [-0.3, -0.25) is 98.3 Å². The topological polar surface area (TPSA) is 698 Å². The molecule has 6 bridgehead atoms. The number of carbonyl (C=O) groups excluding carboxylic acids is 3. The van der Waals surface area contributed by atoms with Gasteiger partial charge in [-0.1, -0.05) is 0 Å². The highest BCUT2D eigenvalue weighted by Gasteiger charge is 2.60. The van der Waals surface area contributed by atoms with Gasteiger partial charge in [-0.15, -0.1) is 0 Å². The Labute approximate surface area is 776 Å². The van der Waals surface area contributed by atoms with Crippen molar-refractivity contribution in [2.45, 2.75) is 167 Å². The maximum Gasteiger partial charge on any atom is 0.325 e. The minimum atomic E-state index is -4.36. The quantitative estimate of drug-likeness (QED) is 0.0834. The Bertz CT molecular complexity index is 6260. The number of nitrogens with zero attached hydrogens (tertiary/aromatic N) is 18. The van der Waals surface area contributed by atoms with Crippen LogP contribution in [0, 0.1) is 0 Å². The van der Waals surface area contributed by atoms with Crippen molar-refractivity contribution in [1.82, 2.24) is 87.2 Å². The van der Waals surface area contributed by atoms with E-state index in [9.17, 15) is 58.1 Å². The van der Waals surface area contributed by atoms with Gasteiger partial charge in [0.15, 0.2) is 160 Å². The lowest BCUT2D eigenvalue weighted by Crippen LogP contribution is -2.34. The van der Waals surface area contributed by atoms with Crippen molar-refractivity contribution in [3.8, 4) is 0 Å². The van der Waals surface area contributed by atoms with Gasteiger partial charge in [-0.05, 0) is 70.8 Å². The molecule has 12 aliphatic rings. The molecular formula is C63H66F6N24O30P6S6. The summed E-state index contributed by atoms with van der Waals surface area (Å²) in [4.78, 5) is 195. The molecular weight excluding hydrogens is 2070 g/mol. The molecule has 15 N–H and O–H groups in total. The predicted octanol–water partition coefficient (Wildman–Crippen LogP) is 1.83. The van der Waals surface area contributed by atoms with Gasteiger partial charge in [-0.2, -0.15) is 15.0 Å². The Hall–Kier alpha value is -7.38. The Morgan fingerprint density at radius 1 is 0.319 bits per heavy atom. The molecule has 72 heteroatoms. The SMILES string of the molecule is Nc1nc2c(ncn2[C@@H]2O[C@@H]3COP(O)(=S)O[C@H]4[C@H](F)[C@H](n5cnc6c5N=CCC6=O)O[C@@H]4COP(O)(=S)O[C@@H]2[C@@H]3F)c(=O)[nH]1.Nc1nc2c(ncn2[C@@H]2O[C@@H]3COP(O)(=S)O[C@H]4[C@H](F)[C@H](n5cnc6c5N=CCC6=O)O[C@@H]4COP(O)(=S)O[C@@H]2[C@@H]3F)c(=O)[nH]1.Nc1nc2c(ncn2[C@@H]2O[C@@H]3COP(O)(=S)O[C@H]4[C@H](F)[C@H](n5cnc6c5N=CCC6=O)O[C@@H]4COP(O)(=S)O[C@@H]2[C@@H]3F)c(=O)[nH]1. The minimum Gasteiger partial charge on any atom is -0.369 e. The number of alkyl halides is 6. The van der Waals surface area contributed by atoms with Crippen LogP contribution in [-0.4, -0.2) is 302 Å². The molecule has 6 unspecified atom stereocenters. The van der Waals surface area contributed by atoms with Gasteiger partial charge >= 0.3 is 40.3 Å². The third kappa shape index (κ3) is 18.9. The van der Waals surface area contributed by atoms with Crippen molar-refractivity contribution < 1.29 is 153 Å². The Balaban J connectivity index is 0.000000130. The van der Waals surface area contributed by atoms with E-state index in [1.54, 1.807) is 0 Å². The van der Waals surface area contributed by atoms with Crippen LogP contribution in [0.2, 0.25) is 0 Å². The van der Waals surface area contributed by atoms with Gasteiger partial charge in [0.25, 0.3) is 16.7 Å². The number of hydrogen-bond acceptors (Lipinski definition) is 45. The fourth-order valence-corrected chi connectivity index (χ4v) is 24.6. The fourth-order valence-electron chi connectivity index (χ4n) is 16.1. The average molecular weight is 2130 g/mol. The van der Waals surface area contributed by atoms with E-state index in [4.69, 9.17) is 171 Å². The Morgan fingerprint density at radius 2 is 0.541 bits per heavy atom. The number of ketones is 3. The minimum absolute atomic E-state index is 0.0152. The van der Waals surface area contributed by atoms with Gasteiger partial charge in [0.05, 0.1) is 77.6 Å². The number of aromatic amines is 3. The fraction of sp³-hybridized carbons (Fsp3) is 0.524. The first-order valence-electron chi connectivity index (χ1n) is 39.2. The molecule has 135 heavy (non-hydrogen) atoms. The van der Waals surface area contributed by atoms with Crippen molar-refractivity contribution >= 4 is 216 Å². The maximum atomic E-state index is 16.0. The molecule has 9 fully saturated rings. The van der Waals surface area contributed by atoms with Crippen LogP contribution in [0.4, 0.5) is 61.6 Å². The van der Waals surface area contributed by atoms with E-state index >= 15 is 26.3 Å². The van der Waals surface area contributed by atoms with Crippen molar-refractivity contribution in [3.63, 3.8) is 0 Å². The third-order valence-corrected chi connectivity index (χ3v) is 31.5. The van der Waals surface area contributed by atoms with Crippen LogP contribution in [0.25, 0.3) is 33.5 Å². The van der Waals surface area contributed by atoms with Gasteiger partial charge in [0.1, 0.15) is 73.2 Å². The van der Waals surface area contributed by atoms with E-state index in [0.717, 1.165) is 32.7 Å². The number of H-pyrrole nitrogens is 3. The predicted molar refractivity (Wildman–Crippen MR) is 462 cm³/mol. The van der Waals surface area contributed by atoms with E-state index in [1.807, 2.05) is 0 Å². The molecule has 9 aromatic heterocycles. The van der Waals surface area contributed by atoms with E-state index < -0.39 is 244 Å². The summed E-state index contributed by atoms with van der Waals surface area (Å²) in [6, 6.07) is 0. The summed E-state index contributed by atoms with van der Waals surface area (Å²) in [6.07, 6.45) is -29.0. The lowest BCUT2D eigenvalue weighted by Gasteiger charge is -2.27. The maximum absolute atomic E-state index is 16.0. The summed E-state index contributed by atoms with van der Waals surface area (Å²) in [5, 5.41) is 0. The van der Waals surface area contributed by atoms with Crippen LogP contribution in [0.15, 0.2) is 67.3 Å². The number of anilines is 3. The number of nitrogens with one attached hydrogen (secondary N) is 3. The van der Waals surface area contributed by atoms with E-state index in [-0.39, 0.29) is 122 Å². The Morgan fingerprint density at radius 3 is 0.793 bits per heavy atom. The van der Waals surface area contributed by atoms with Gasteiger partial charge in [0, 0.05) is 37.9 Å². The van der Waals surface area contributed by atoms with E-state index in [0.29, 0.717) is 0 Å². The zero-order valence-corrected chi connectivity index (χ0v) is 77.3. The number of Topliss-reactive ketones (excluding diaryl/α,β-unsaturated/α-hetero) is 3. The molecule has 726 valence electrons. The number of imidazole rings is 6. The summed E-state index contributed by atoms with van der Waals surface area (Å²) in [7, 11) is 0. The molecule has 12 aliphatic heterocycles. The number of ether oxygens (including phenoxy) is 6. The van der Waals surface area contributed by atoms with Crippen LogP contribution in [-0.2, 0) is 154 Å². The third-order valence-electron chi connectivity index (χ3n) is 22.1. The number of carbonyl (C=O) groups is 3. The summed E-state index contributed by atoms with van der Waals surface area (Å²) in [5.74, 6) is -1.64. The molecule has 0 spiro atoms. The van der Waals surface area contributed by atoms with Crippen molar-refractivity contribution in [2.24, 2.45) is 15.0 Å². The molecule has 9 aromatic rings. The molecule has 54 nitrogen and oxygen atoms in total. The van der Waals surface area contributed by atoms with Crippen LogP contribution in [0.1, 0.15) is 88.1 Å². The number of aromatic nitrogens is 18. The largest absolute Gasteiger partial charge is 0.369 e. The van der Waals surface area contributed by atoms with Gasteiger partial charge < -0.3 is 102 Å². The number of nitrogens with two attached hydrogens (primary N) is 3. The first-order chi connectivity index (χ1) is 63.9. The molecule has 0 aromatic carbocycles. The number of hydrogen-bond donors (Lipinski definition) is 12. The molecule has 30 atom stereocenters. The smallest absolute Gasteiger partial charge is 0.325 e. The number of halogens is 6. The van der Waals surface area contributed by atoms with Gasteiger partial charge in [0.2, 0.25) is 17.8 Å². The van der Waals surface area contributed by atoms with Crippen LogP contribution in [0.5, 0.6) is 0 Å². The highest BCUT2D eigenvalue weighted by molar-refractivity contribution is 8.08. The molecule has 0 aliphatic carbocycles.